The topological polar surface area (TPSA) is 20.2 Å². The van der Waals surface area contributed by atoms with Crippen molar-refractivity contribution in [2.75, 3.05) is 6.61 Å². The van der Waals surface area contributed by atoms with Crippen LogP contribution in [0.25, 0.3) is 0 Å². The molecule has 1 heteroatoms. The molecule has 0 bridgehead atoms. The van der Waals surface area contributed by atoms with Crippen LogP contribution in [-0.4, -0.2) is 11.7 Å². The molecule has 0 amide bonds. The average molecular weight is 78.1 g/mol. The van der Waals surface area contributed by atoms with Gasteiger partial charge in [0.2, 0.25) is 0 Å². The summed E-state index contributed by atoms with van der Waals surface area (Å²) in [6, 6.07) is 0. The highest BCUT2D eigenvalue weighted by Gasteiger charge is 1.81. The first-order chi connectivity index (χ1) is 3.48. The molecule has 0 heterocycles. The predicted octanol–water partition coefficient (Wildman–Crippen LogP) is 0.635. The fraction of sp³-hybridized carbons (Fsp3) is 1.00. The maximum absolute atomic E-state index is 8.31. The molecule has 32 valence electrons. The number of aliphatic hydroxyl groups excluding tert-OH is 1. The van der Waals surface area contributed by atoms with Gasteiger partial charge in [0.1, 0.15) is 0 Å². The molecule has 5 heavy (non-hydrogen) atoms. The molecule has 0 aromatic heterocycles. The minimum Gasteiger partial charge on any atom is -0.396 e. The first-order valence-electron chi connectivity index (χ1n) is 3.09. The highest BCUT2D eigenvalue weighted by molar-refractivity contribution is 4.32. The van der Waals surface area contributed by atoms with E-state index >= 15 is 0 Å². The summed E-state index contributed by atoms with van der Waals surface area (Å²) in [7, 11) is 0. The van der Waals surface area contributed by atoms with E-state index in [2.05, 4.69) is 0 Å². The van der Waals surface area contributed by atoms with Gasteiger partial charge < -0.3 is 5.11 Å². The number of hydrogen-bond donors (Lipinski definition) is 1. The zero-order valence-electron chi connectivity index (χ0n) is 6.23. The molecule has 0 saturated heterocycles. The van der Waals surface area contributed by atoms with Crippen LogP contribution in [0.15, 0.2) is 0 Å². The van der Waals surface area contributed by atoms with Gasteiger partial charge in [0.05, 0.1) is 0 Å². The van der Waals surface area contributed by atoms with Crippen molar-refractivity contribution in [1.29, 1.82) is 0 Å². The van der Waals surface area contributed by atoms with Crippen LogP contribution in [0.5, 0.6) is 0 Å². The molecule has 0 aliphatic rings. The highest BCUT2D eigenvalue weighted by atomic mass is 16.3. The van der Waals surface area contributed by atoms with Crippen molar-refractivity contribution in [3.63, 3.8) is 0 Å². The summed E-state index contributed by atoms with van der Waals surface area (Å²) in [6.45, 7) is -0.766. The van der Waals surface area contributed by atoms with E-state index in [4.69, 9.17) is 9.22 Å². The zero-order chi connectivity index (χ0) is 6.78. The Balaban J connectivity index is 3.62. The summed E-state index contributed by atoms with van der Waals surface area (Å²) in [5, 5.41) is 8.31. The van der Waals surface area contributed by atoms with E-state index in [0.29, 0.717) is 0 Å². The molecular formula is C4H10O. The van der Waals surface area contributed by atoms with Crippen molar-refractivity contribution in [2.45, 2.75) is 13.8 Å². The minimum atomic E-state index is -1.99. The first-order valence-corrected chi connectivity index (χ1v) is 1.59. The predicted molar refractivity (Wildman–Crippen MR) is 21.9 cm³/mol. The summed E-state index contributed by atoms with van der Waals surface area (Å²) in [5.41, 5.74) is 0. The lowest BCUT2D eigenvalue weighted by Gasteiger charge is -1.90. The molecule has 0 fully saturated rings. The van der Waals surface area contributed by atoms with Crippen LogP contribution in [-0.2, 0) is 0 Å². The standard InChI is InChI=1S/C4H10O/c1-4(2)3-5/h4-5H,3H2,1-2H3/i1D3,2+1. The van der Waals surface area contributed by atoms with Gasteiger partial charge in [0.25, 0.3) is 0 Å². The fourth-order valence-electron chi connectivity index (χ4n) is 0. The lowest BCUT2D eigenvalue weighted by molar-refractivity contribution is 0.248. The lowest BCUT2D eigenvalue weighted by atomic mass is 10.4. The van der Waals surface area contributed by atoms with E-state index in [1.807, 2.05) is 0 Å². The van der Waals surface area contributed by atoms with Gasteiger partial charge in [-0.3, -0.25) is 0 Å². The van der Waals surface area contributed by atoms with Gasteiger partial charge in [-0.15, -0.1) is 0 Å². The van der Waals surface area contributed by atoms with Crippen LogP contribution in [0.2, 0.25) is 0 Å². The molecule has 1 unspecified atom stereocenters. The number of aliphatic hydroxyl groups is 1. The second-order valence-corrected chi connectivity index (χ2v) is 1.08. The lowest BCUT2D eigenvalue weighted by Crippen LogP contribution is -1.90. The van der Waals surface area contributed by atoms with Gasteiger partial charge in [-0.2, -0.15) is 0 Å². The molecule has 1 N–H and O–H groups in total. The van der Waals surface area contributed by atoms with Gasteiger partial charge in [-0.1, -0.05) is 13.8 Å². The monoisotopic (exact) mass is 78.1 g/mol. The Morgan fingerprint density at radius 2 is 2.80 bits per heavy atom. The Hall–Kier alpha value is -0.0400. The van der Waals surface area contributed by atoms with Crippen molar-refractivity contribution in [2.24, 2.45) is 5.92 Å². The first kappa shape index (κ1) is 1.61. The van der Waals surface area contributed by atoms with Gasteiger partial charge >= 0.3 is 0 Å². The van der Waals surface area contributed by atoms with Gasteiger partial charge in [0.15, 0.2) is 0 Å². The van der Waals surface area contributed by atoms with E-state index in [1.54, 1.807) is 0 Å². The van der Waals surface area contributed by atoms with Crippen LogP contribution < -0.4 is 0 Å². The summed E-state index contributed by atoms with van der Waals surface area (Å²) in [6.07, 6.45) is 0. The summed E-state index contributed by atoms with van der Waals surface area (Å²) in [5.74, 6) is -0.595. The molecule has 0 aromatic rings. The molecule has 0 spiro atoms. The third-order valence-electron chi connectivity index (χ3n) is 0.274. The molecule has 0 rings (SSSR count). The Labute approximate surface area is 36.8 Å². The van der Waals surface area contributed by atoms with Gasteiger partial charge in [-0.05, 0) is 5.92 Å². The quantitative estimate of drug-likeness (QED) is 0.456. The smallest absolute Gasteiger partial charge is 0.0453 e. The van der Waals surface area contributed by atoms with Gasteiger partial charge in [0, 0.05) is 10.7 Å². The van der Waals surface area contributed by atoms with E-state index < -0.39 is 12.8 Å². The Kier molecular flexibility index (Phi) is 0.711. The number of hydrogen-bond acceptors (Lipinski definition) is 1. The fourth-order valence-corrected chi connectivity index (χ4v) is 0. The van der Waals surface area contributed by atoms with E-state index in [0.717, 1.165) is 0 Å². The van der Waals surface area contributed by atoms with Crippen molar-refractivity contribution < 1.29 is 9.22 Å². The second-order valence-electron chi connectivity index (χ2n) is 1.08. The van der Waals surface area contributed by atoms with Crippen molar-refractivity contribution in [3.8, 4) is 0 Å². The molecule has 0 radical (unpaired) electrons. The zero-order valence-corrected chi connectivity index (χ0v) is 3.23. The largest absolute Gasteiger partial charge is 0.396 e. The molecule has 0 aliphatic carbocycles. The molecule has 1 nitrogen and oxygen atoms in total. The van der Waals surface area contributed by atoms with Crippen LogP contribution >= 0.6 is 0 Å². The Morgan fingerprint density at radius 1 is 2.20 bits per heavy atom. The summed E-state index contributed by atoms with van der Waals surface area (Å²) >= 11 is 0. The number of rotatable bonds is 1. The highest BCUT2D eigenvalue weighted by Crippen LogP contribution is 1.83. The third kappa shape index (κ3) is 3.96. The second kappa shape index (κ2) is 2.21. The SMILES string of the molecule is [2H]C([2H])([2H])C([13CH3])CO. The third-order valence-corrected chi connectivity index (χ3v) is 0.274. The molecule has 0 saturated carbocycles. The molecule has 0 aliphatic heterocycles. The maximum atomic E-state index is 8.31. The normalized spacial score (nSPS) is 26.4. The van der Waals surface area contributed by atoms with Crippen molar-refractivity contribution in [3.05, 3.63) is 0 Å². The van der Waals surface area contributed by atoms with E-state index in [1.165, 1.54) is 6.92 Å². The summed E-state index contributed by atoms with van der Waals surface area (Å²) in [4.78, 5) is 0. The maximum Gasteiger partial charge on any atom is 0.0453 e. The molecule has 0 aromatic carbocycles. The average Bonchev–Trinajstić information content (AvgIpc) is 1.62. The summed E-state index contributed by atoms with van der Waals surface area (Å²) < 4.78 is 20.1. The van der Waals surface area contributed by atoms with Crippen molar-refractivity contribution in [1.82, 2.24) is 0 Å². The van der Waals surface area contributed by atoms with Gasteiger partial charge in [-0.25, -0.2) is 0 Å². The van der Waals surface area contributed by atoms with Crippen LogP contribution in [0, 0.1) is 5.92 Å². The minimum absolute atomic E-state index is 0.267. The Morgan fingerprint density at radius 3 is 2.80 bits per heavy atom. The Bertz CT molecular complexity index is 68.2. The molecule has 1 atom stereocenters. The van der Waals surface area contributed by atoms with Crippen LogP contribution in [0.3, 0.4) is 0 Å². The van der Waals surface area contributed by atoms with Crippen LogP contribution in [0.4, 0.5) is 0 Å². The van der Waals surface area contributed by atoms with E-state index in [-0.39, 0.29) is 6.61 Å². The van der Waals surface area contributed by atoms with Crippen molar-refractivity contribution >= 4 is 0 Å². The van der Waals surface area contributed by atoms with E-state index in [9.17, 15) is 0 Å². The molecular weight excluding hydrogens is 65.0 g/mol. The van der Waals surface area contributed by atoms with Crippen LogP contribution in [0.1, 0.15) is 17.9 Å².